The van der Waals surface area contributed by atoms with Crippen LogP contribution in [0.2, 0.25) is 0 Å². The fourth-order valence-electron chi connectivity index (χ4n) is 3.79. The molecule has 0 aliphatic carbocycles. The third-order valence-corrected chi connectivity index (χ3v) is 5.50. The number of rotatable bonds is 7. The highest BCUT2D eigenvalue weighted by atomic mass is 16.2. The summed E-state index contributed by atoms with van der Waals surface area (Å²) in [5.41, 5.74) is 6.41. The Bertz CT molecular complexity index is 1200. The van der Waals surface area contributed by atoms with E-state index in [1.165, 1.54) is 17.1 Å². The highest BCUT2D eigenvalue weighted by molar-refractivity contribution is 6.00. The van der Waals surface area contributed by atoms with Gasteiger partial charge in [0.25, 0.3) is 0 Å². The number of benzene rings is 3. The first kappa shape index (κ1) is 19.2. The highest BCUT2D eigenvalue weighted by Crippen LogP contribution is 2.42. The van der Waals surface area contributed by atoms with Gasteiger partial charge in [0, 0.05) is 24.5 Å². The Morgan fingerprint density at radius 2 is 1.52 bits per heavy atom. The molecule has 2 heterocycles. The summed E-state index contributed by atoms with van der Waals surface area (Å²) in [6.45, 7) is 3.85. The van der Waals surface area contributed by atoms with Gasteiger partial charge in [-0.25, -0.2) is 14.2 Å². The van der Waals surface area contributed by atoms with E-state index in [4.69, 9.17) is 0 Å². The van der Waals surface area contributed by atoms with Crippen LogP contribution in [0.1, 0.15) is 16.8 Å². The fraction of sp³-hybridized carbons (Fsp3) is 0.160. The maximum absolute atomic E-state index is 12.2. The van der Waals surface area contributed by atoms with Crippen LogP contribution >= 0.6 is 0 Å². The molecule has 0 bridgehead atoms. The lowest BCUT2D eigenvalue weighted by Crippen LogP contribution is -2.19. The first-order chi connectivity index (χ1) is 15.1. The number of hydrogen-bond acceptors (Lipinski definition) is 2. The normalized spacial score (nSPS) is 11.6. The Morgan fingerprint density at radius 3 is 2.23 bits per heavy atom. The molecule has 0 saturated heterocycles. The van der Waals surface area contributed by atoms with E-state index in [2.05, 4.69) is 56.2 Å². The third kappa shape index (κ3) is 4.11. The fourth-order valence-corrected chi connectivity index (χ4v) is 3.79. The molecule has 3 aromatic carbocycles. The molecule has 0 saturated carbocycles. The van der Waals surface area contributed by atoms with Gasteiger partial charge in [0.1, 0.15) is 5.69 Å². The van der Waals surface area contributed by atoms with E-state index >= 15 is 0 Å². The van der Waals surface area contributed by atoms with E-state index in [0.29, 0.717) is 0 Å². The average molecular weight is 412 g/mol. The third-order valence-electron chi connectivity index (χ3n) is 5.50. The summed E-state index contributed by atoms with van der Waals surface area (Å²) in [6.07, 6.45) is 0. The molecule has 6 heteroatoms. The van der Waals surface area contributed by atoms with Crippen LogP contribution in [0.25, 0.3) is 11.5 Å². The summed E-state index contributed by atoms with van der Waals surface area (Å²) < 4.78 is 4.41. The zero-order valence-corrected chi connectivity index (χ0v) is 17.7. The van der Waals surface area contributed by atoms with Crippen LogP contribution in [-0.2, 0) is 13.1 Å². The number of carbonyl (C=O) groups excluding carboxylic acids is 1. The summed E-state index contributed by atoms with van der Waals surface area (Å²) in [4.78, 5) is 14.6. The van der Waals surface area contributed by atoms with E-state index in [0.717, 1.165) is 35.7 Å². The molecule has 0 aromatic heterocycles. The van der Waals surface area contributed by atoms with Gasteiger partial charge in [-0.2, -0.15) is 0 Å². The lowest BCUT2D eigenvalue weighted by Gasteiger charge is -2.14. The maximum Gasteiger partial charge on any atom is 0.323 e. The van der Waals surface area contributed by atoms with Crippen molar-refractivity contribution in [2.45, 2.75) is 20.0 Å². The molecule has 0 radical (unpaired) electrons. The van der Waals surface area contributed by atoms with Gasteiger partial charge in [-0.3, -0.25) is 4.90 Å². The van der Waals surface area contributed by atoms with Crippen LogP contribution < -0.4 is 10.6 Å². The van der Waals surface area contributed by atoms with Crippen LogP contribution in [0.4, 0.5) is 16.2 Å². The summed E-state index contributed by atoms with van der Waals surface area (Å²) >= 11 is 0. The Hall–Kier alpha value is -3.77. The quantitative estimate of drug-likeness (QED) is 0.388. The minimum atomic E-state index is -0.244. The van der Waals surface area contributed by atoms with Gasteiger partial charge < -0.3 is 10.6 Å². The molecule has 156 valence electrons. The van der Waals surface area contributed by atoms with Crippen LogP contribution in [0.3, 0.4) is 0 Å². The number of nitrogens with one attached hydrogen (secondary N) is 2. The van der Waals surface area contributed by atoms with Crippen molar-refractivity contribution in [3.05, 3.63) is 95.7 Å². The van der Waals surface area contributed by atoms with Crippen molar-refractivity contribution < 1.29 is 4.79 Å². The molecule has 31 heavy (non-hydrogen) atoms. The summed E-state index contributed by atoms with van der Waals surface area (Å²) in [6, 6.07) is 25.9. The second-order valence-corrected chi connectivity index (χ2v) is 7.99. The van der Waals surface area contributed by atoms with Gasteiger partial charge in [-0.15, -0.1) is 0 Å². The Kier molecular flexibility index (Phi) is 4.84. The molecule has 0 atom stereocenters. The van der Waals surface area contributed by atoms with Gasteiger partial charge in [-0.05, 0) is 55.4 Å². The molecule has 2 amide bonds. The molecule has 2 N–H and O–H groups in total. The molecular weight excluding hydrogens is 386 g/mol. The lowest BCUT2D eigenvalue weighted by atomic mass is 10.2. The molecule has 6 nitrogen and oxygen atoms in total. The van der Waals surface area contributed by atoms with Gasteiger partial charge in [0.15, 0.2) is 5.82 Å². The topological polar surface area (TPSA) is 54.2 Å². The summed E-state index contributed by atoms with van der Waals surface area (Å²) in [5, 5.41) is 5.77. The van der Waals surface area contributed by atoms with Crippen LogP contribution in [-0.4, -0.2) is 27.3 Å². The standard InChI is InChI=1S/C25H25N5O/c1-18-8-6-7-11-22(18)27-25(31)26-20-12-14-21(15-13-20)29-24-23(30(24)29)17-28(2)16-19-9-4-3-5-10-19/h3-15H,16-17H2,1-2H3,(H2,26,27,31). The number of amides is 2. The number of fused-ring (bicyclic) bond motifs is 1. The maximum atomic E-state index is 12.2. The van der Waals surface area contributed by atoms with E-state index in [1.807, 2.05) is 61.5 Å². The van der Waals surface area contributed by atoms with Crippen molar-refractivity contribution in [3.63, 3.8) is 0 Å². The van der Waals surface area contributed by atoms with Gasteiger partial charge in [0.2, 0.25) is 0 Å². The van der Waals surface area contributed by atoms with Gasteiger partial charge in [-0.1, -0.05) is 48.5 Å². The molecule has 2 aliphatic heterocycles. The SMILES string of the molecule is Cc1ccccc1NC(=O)Nc1ccc(-n2c3c(CN(C)Cc4ccccc4)n2-3)cc1. The van der Waals surface area contributed by atoms with E-state index in [1.54, 1.807) is 0 Å². The molecule has 5 rings (SSSR count). The minimum Gasteiger partial charge on any atom is -0.308 e. The largest absolute Gasteiger partial charge is 0.323 e. The summed E-state index contributed by atoms with van der Waals surface area (Å²) in [5.74, 6) is 1.29. The molecule has 0 unspecified atom stereocenters. The first-order valence-corrected chi connectivity index (χ1v) is 10.4. The van der Waals surface area contributed by atoms with E-state index in [-0.39, 0.29) is 6.03 Å². The molecule has 0 fully saturated rings. The number of aryl methyl sites for hydroxylation is 1. The molecule has 2 aliphatic rings. The molecule has 3 aromatic rings. The predicted molar refractivity (Wildman–Crippen MR) is 124 cm³/mol. The minimum absolute atomic E-state index is 0.244. The van der Waals surface area contributed by atoms with E-state index < -0.39 is 0 Å². The monoisotopic (exact) mass is 411 g/mol. The highest BCUT2D eigenvalue weighted by Gasteiger charge is 2.41. The van der Waals surface area contributed by atoms with Crippen molar-refractivity contribution in [2.75, 3.05) is 17.7 Å². The summed E-state index contributed by atoms with van der Waals surface area (Å²) in [7, 11) is 2.15. The van der Waals surface area contributed by atoms with Gasteiger partial charge >= 0.3 is 6.03 Å². The number of carbonyl (C=O) groups is 1. The molecular formula is C25H25N5O. The average Bonchev–Trinajstić information content (AvgIpc) is 3.67. The van der Waals surface area contributed by atoms with Crippen molar-refractivity contribution in [2.24, 2.45) is 0 Å². The zero-order chi connectivity index (χ0) is 21.4. The number of urea groups is 1. The first-order valence-electron chi connectivity index (χ1n) is 10.4. The number of hydrogen-bond donors (Lipinski definition) is 2. The Labute approximate surface area is 181 Å². The molecule has 0 spiro atoms. The Morgan fingerprint density at radius 1 is 0.839 bits per heavy atom. The second kappa shape index (κ2) is 7.81. The number of aromatic nitrogens is 2. The second-order valence-electron chi connectivity index (χ2n) is 7.99. The van der Waals surface area contributed by atoms with Crippen LogP contribution in [0.15, 0.2) is 78.9 Å². The van der Waals surface area contributed by atoms with Crippen molar-refractivity contribution in [3.8, 4) is 11.5 Å². The van der Waals surface area contributed by atoms with Crippen molar-refractivity contribution in [1.82, 2.24) is 14.3 Å². The number of anilines is 2. The van der Waals surface area contributed by atoms with Crippen molar-refractivity contribution >= 4 is 17.4 Å². The van der Waals surface area contributed by atoms with Gasteiger partial charge in [0.05, 0.1) is 5.69 Å². The predicted octanol–water partition coefficient (Wildman–Crippen LogP) is 5.17. The number of para-hydroxylation sites is 1. The van der Waals surface area contributed by atoms with E-state index in [9.17, 15) is 4.79 Å². The lowest BCUT2D eigenvalue weighted by molar-refractivity contribution is 0.262. The van der Waals surface area contributed by atoms with Crippen LogP contribution in [0, 0.1) is 6.92 Å². The zero-order valence-electron chi connectivity index (χ0n) is 17.7. The van der Waals surface area contributed by atoms with Crippen LogP contribution in [0.5, 0.6) is 0 Å². The van der Waals surface area contributed by atoms with Crippen molar-refractivity contribution in [1.29, 1.82) is 0 Å². The smallest absolute Gasteiger partial charge is 0.308 e. The number of nitrogens with zero attached hydrogens (tertiary/aromatic N) is 3. The Balaban J connectivity index is 1.14.